The molecule has 1 aromatic carbocycles. The molecular formula is C18H20N6O5. The van der Waals surface area contributed by atoms with Crippen molar-refractivity contribution in [2.75, 3.05) is 44.8 Å². The van der Waals surface area contributed by atoms with Gasteiger partial charge in [0.2, 0.25) is 18.5 Å². The number of nitrogens with zero attached hydrogens (tertiary/aromatic N) is 4. The fourth-order valence-electron chi connectivity index (χ4n) is 3.30. The molecule has 152 valence electrons. The molecule has 0 saturated carbocycles. The van der Waals surface area contributed by atoms with Gasteiger partial charge >= 0.3 is 0 Å². The Morgan fingerprint density at radius 3 is 2.52 bits per heavy atom. The number of nitrogens with one attached hydrogen (secondary N) is 2. The highest BCUT2D eigenvalue weighted by molar-refractivity contribution is 6.05. The van der Waals surface area contributed by atoms with Gasteiger partial charge in [0.15, 0.2) is 17.3 Å². The van der Waals surface area contributed by atoms with Gasteiger partial charge in [-0.15, -0.1) is 0 Å². The SMILES string of the molecule is CC(=O)c1cc2c(cc1NC(=O)CN1CCN(C(=O)c3ncn[nH]3)CC1)OCO2. The second-order valence-electron chi connectivity index (χ2n) is 6.76. The van der Waals surface area contributed by atoms with Crippen molar-refractivity contribution in [3.63, 3.8) is 0 Å². The topological polar surface area (TPSA) is 130 Å². The third-order valence-corrected chi connectivity index (χ3v) is 4.81. The molecule has 11 heteroatoms. The van der Waals surface area contributed by atoms with Crippen molar-refractivity contribution in [2.24, 2.45) is 0 Å². The van der Waals surface area contributed by atoms with E-state index in [9.17, 15) is 14.4 Å². The maximum Gasteiger partial charge on any atom is 0.291 e. The number of aromatic nitrogens is 3. The molecule has 2 N–H and O–H groups in total. The Balaban J connectivity index is 1.34. The van der Waals surface area contributed by atoms with Crippen molar-refractivity contribution in [3.05, 3.63) is 29.8 Å². The van der Waals surface area contributed by atoms with E-state index in [2.05, 4.69) is 20.5 Å². The maximum absolute atomic E-state index is 12.5. The van der Waals surface area contributed by atoms with Crippen molar-refractivity contribution in [3.8, 4) is 11.5 Å². The Hall–Kier alpha value is -3.47. The van der Waals surface area contributed by atoms with Gasteiger partial charge < -0.3 is 19.7 Å². The average Bonchev–Trinajstić information content (AvgIpc) is 3.39. The van der Waals surface area contributed by atoms with Crippen molar-refractivity contribution < 1.29 is 23.9 Å². The molecule has 2 aliphatic heterocycles. The number of carbonyl (C=O) groups is 3. The van der Waals surface area contributed by atoms with Crippen LogP contribution < -0.4 is 14.8 Å². The van der Waals surface area contributed by atoms with Crippen LogP contribution in [0.3, 0.4) is 0 Å². The van der Waals surface area contributed by atoms with Crippen LogP contribution in [-0.4, -0.2) is 82.1 Å². The highest BCUT2D eigenvalue weighted by Crippen LogP contribution is 2.37. The molecule has 0 atom stereocenters. The Labute approximate surface area is 166 Å². The molecule has 4 rings (SSSR count). The first kappa shape index (κ1) is 18.9. The van der Waals surface area contributed by atoms with Crippen LogP contribution in [0.15, 0.2) is 18.5 Å². The summed E-state index contributed by atoms with van der Waals surface area (Å²) in [4.78, 5) is 44.2. The zero-order valence-corrected chi connectivity index (χ0v) is 15.8. The Bertz CT molecular complexity index is 936. The molecule has 3 heterocycles. The number of benzene rings is 1. The number of rotatable bonds is 5. The van der Waals surface area contributed by atoms with Gasteiger partial charge in [-0.1, -0.05) is 0 Å². The van der Waals surface area contributed by atoms with Crippen LogP contribution in [-0.2, 0) is 4.79 Å². The molecule has 1 aromatic heterocycles. The summed E-state index contributed by atoms with van der Waals surface area (Å²) in [6, 6.07) is 3.18. The van der Waals surface area contributed by atoms with Gasteiger partial charge in [0, 0.05) is 37.8 Å². The average molecular weight is 400 g/mol. The van der Waals surface area contributed by atoms with E-state index >= 15 is 0 Å². The van der Waals surface area contributed by atoms with E-state index in [0.29, 0.717) is 48.9 Å². The van der Waals surface area contributed by atoms with Crippen LogP contribution in [0, 0.1) is 0 Å². The molecule has 1 saturated heterocycles. The summed E-state index contributed by atoms with van der Waals surface area (Å²) in [5.74, 6) is 0.541. The number of ether oxygens (including phenoxy) is 2. The number of Topliss-reactive ketones (excluding diaryl/α,β-unsaturated/α-hetero) is 1. The zero-order valence-electron chi connectivity index (χ0n) is 15.8. The minimum Gasteiger partial charge on any atom is -0.454 e. The van der Waals surface area contributed by atoms with Gasteiger partial charge in [0.1, 0.15) is 6.33 Å². The van der Waals surface area contributed by atoms with Crippen molar-refractivity contribution in [1.29, 1.82) is 0 Å². The number of H-pyrrole nitrogens is 1. The second kappa shape index (κ2) is 7.87. The lowest BCUT2D eigenvalue weighted by Gasteiger charge is -2.33. The fourth-order valence-corrected chi connectivity index (χ4v) is 3.30. The van der Waals surface area contributed by atoms with Gasteiger partial charge in [-0.2, -0.15) is 5.10 Å². The van der Waals surface area contributed by atoms with Crippen LogP contribution in [0.2, 0.25) is 0 Å². The first-order valence-electron chi connectivity index (χ1n) is 9.12. The van der Waals surface area contributed by atoms with Crippen molar-refractivity contribution in [2.45, 2.75) is 6.92 Å². The van der Waals surface area contributed by atoms with Crippen LogP contribution in [0.4, 0.5) is 5.69 Å². The number of anilines is 1. The minimum atomic E-state index is -0.249. The fraction of sp³-hybridized carbons (Fsp3) is 0.389. The lowest BCUT2D eigenvalue weighted by atomic mass is 10.1. The first-order valence-corrected chi connectivity index (χ1v) is 9.12. The summed E-state index contributed by atoms with van der Waals surface area (Å²) in [5, 5.41) is 9.03. The third kappa shape index (κ3) is 4.04. The van der Waals surface area contributed by atoms with E-state index in [1.165, 1.54) is 13.3 Å². The molecule has 0 spiro atoms. The molecular weight excluding hydrogens is 380 g/mol. The van der Waals surface area contributed by atoms with E-state index in [1.807, 2.05) is 4.90 Å². The molecule has 2 aromatic rings. The molecule has 2 aliphatic rings. The summed E-state index contributed by atoms with van der Waals surface area (Å²) in [6.07, 6.45) is 1.29. The summed E-state index contributed by atoms with van der Waals surface area (Å²) in [5.41, 5.74) is 0.760. The monoisotopic (exact) mass is 400 g/mol. The van der Waals surface area contributed by atoms with Crippen LogP contribution in [0.5, 0.6) is 11.5 Å². The van der Waals surface area contributed by atoms with Gasteiger partial charge in [0.05, 0.1) is 12.2 Å². The summed E-state index contributed by atoms with van der Waals surface area (Å²) in [7, 11) is 0. The highest BCUT2D eigenvalue weighted by Gasteiger charge is 2.25. The van der Waals surface area contributed by atoms with E-state index in [1.54, 1.807) is 17.0 Å². The lowest BCUT2D eigenvalue weighted by Crippen LogP contribution is -2.50. The number of ketones is 1. The molecule has 0 radical (unpaired) electrons. The Kier molecular flexibility index (Phi) is 5.12. The number of amides is 2. The van der Waals surface area contributed by atoms with E-state index < -0.39 is 0 Å². The largest absolute Gasteiger partial charge is 0.454 e. The molecule has 29 heavy (non-hydrogen) atoms. The second-order valence-corrected chi connectivity index (χ2v) is 6.76. The maximum atomic E-state index is 12.5. The van der Waals surface area contributed by atoms with Crippen molar-refractivity contribution in [1.82, 2.24) is 25.0 Å². The summed E-state index contributed by atoms with van der Waals surface area (Å²) >= 11 is 0. The molecule has 2 amide bonds. The lowest BCUT2D eigenvalue weighted by molar-refractivity contribution is -0.117. The molecule has 11 nitrogen and oxygen atoms in total. The number of hydrogen-bond donors (Lipinski definition) is 2. The zero-order chi connectivity index (χ0) is 20.4. The van der Waals surface area contributed by atoms with Gasteiger partial charge in [0.25, 0.3) is 5.91 Å². The van der Waals surface area contributed by atoms with Gasteiger partial charge in [-0.05, 0) is 13.0 Å². The molecule has 1 fully saturated rings. The van der Waals surface area contributed by atoms with E-state index in [-0.39, 0.29) is 36.8 Å². The number of piperazine rings is 1. The van der Waals surface area contributed by atoms with Gasteiger partial charge in [-0.3, -0.25) is 24.4 Å². The molecule has 0 aliphatic carbocycles. The number of fused-ring (bicyclic) bond motifs is 1. The predicted octanol–water partition coefficient (Wildman–Crippen LogP) is 0.133. The summed E-state index contributed by atoms with van der Waals surface area (Å²) in [6.45, 7) is 3.72. The van der Waals surface area contributed by atoms with Gasteiger partial charge in [-0.25, -0.2) is 4.98 Å². The van der Waals surface area contributed by atoms with Crippen molar-refractivity contribution >= 4 is 23.3 Å². The minimum absolute atomic E-state index is 0.0845. The highest BCUT2D eigenvalue weighted by atomic mass is 16.7. The van der Waals surface area contributed by atoms with Crippen LogP contribution in [0.1, 0.15) is 27.9 Å². The standard InChI is InChI=1S/C18H20N6O5/c1-11(25)12-6-14-15(29-10-28-14)7-13(12)21-16(26)8-23-2-4-24(5-3-23)18(27)17-19-9-20-22-17/h6-7,9H,2-5,8,10H2,1H3,(H,21,26)(H,19,20,22). The number of hydrogen-bond acceptors (Lipinski definition) is 8. The number of carbonyl (C=O) groups excluding carboxylic acids is 3. The Morgan fingerprint density at radius 1 is 1.14 bits per heavy atom. The normalized spacial score (nSPS) is 16.0. The molecule has 0 unspecified atom stereocenters. The van der Waals surface area contributed by atoms with E-state index in [0.717, 1.165) is 0 Å². The quantitative estimate of drug-likeness (QED) is 0.678. The first-order chi connectivity index (χ1) is 14.0. The third-order valence-electron chi connectivity index (χ3n) is 4.81. The van der Waals surface area contributed by atoms with Crippen LogP contribution in [0.25, 0.3) is 0 Å². The summed E-state index contributed by atoms with van der Waals surface area (Å²) < 4.78 is 10.6. The smallest absolute Gasteiger partial charge is 0.291 e. The molecule has 0 bridgehead atoms. The Morgan fingerprint density at radius 2 is 1.86 bits per heavy atom. The predicted molar refractivity (Wildman–Crippen MR) is 99.9 cm³/mol. The van der Waals surface area contributed by atoms with E-state index in [4.69, 9.17) is 9.47 Å². The van der Waals surface area contributed by atoms with Crippen LogP contribution >= 0.6 is 0 Å². The number of aromatic amines is 1.